The Bertz CT molecular complexity index is 921. The summed E-state index contributed by atoms with van der Waals surface area (Å²) in [5, 5.41) is 21.8. The normalized spacial score (nSPS) is 24.4. The molecule has 2 heterocycles. The summed E-state index contributed by atoms with van der Waals surface area (Å²) < 4.78 is 0. The molecular weight excluding hydrogens is 465 g/mol. The lowest BCUT2D eigenvalue weighted by atomic mass is 9.90. The molecule has 4 rings (SSSR count). The predicted octanol–water partition coefficient (Wildman–Crippen LogP) is 2.28. The monoisotopic (exact) mass is 495 g/mol. The number of nitrogens with zero attached hydrogens (tertiary/aromatic N) is 3. The highest BCUT2D eigenvalue weighted by Crippen LogP contribution is 2.53. The fraction of sp³-hybridized carbons (Fsp3) is 0.583. The van der Waals surface area contributed by atoms with E-state index in [1.807, 2.05) is 0 Å². The minimum Gasteiger partial charge on any atom is -0.391 e. The third-order valence-electron chi connectivity index (χ3n) is 7.12. The predicted molar refractivity (Wildman–Crippen MR) is 128 cm³/mol. The Hall–Kier alpha value is -1.64. The minimum atomic E-state index is -0.689. The van der Waals surface area contributed by atoms with Crippen LogP contribution in [0.1, 0.15) is 31.2 Å². The Morgan fingerprint density at radius 1 is 1.12 bits per heavy atom. The van der Waals surface area contributed by atoms with Crippen LogP contribution in [0.3, 0.4) is 0 Å². The van der Waals surface area contributed by atoms with E-state index in [1.54, 1.807) is 34.1 Å². The van der Waals surface area contributed by atoms with Gasteiger partial charge in [0.2, 0.25) is 11.8 Å². The lowest BCUT2D eigenvalue weighted by Gasteiger charge is -2.37. The van der Waals surface area contributed by atoms with Crippen molar-refractivity contribution in [2.75, 3.05) is 45.8 Å². The van der Waals surface area contributed by atoms with Gasteiger partial charge in [0.15, 0.2) is 0 Å². The molecule has 1 unspecified atom stereocenters. The highest BCUT2D eigenvalue weighted by molar-refractivity contribution is 6.42. The maximum atomic E-state index is 12.6. The topological polar surface area (TPSA) is 84.3 Å². The van der Waals surface area contributed by atoms with Crippen molar-refractivity contribution in [3.63, 3.8) is 0 Å². The first-order valence-electron chi connectivity index (χ1n) is 11.5. The number of likely N-dealkylation sites (tertiary alicyclic amines) is 1. The molecule has 1 aromatic carbocycles. The number of piperidine rings is 1. The molecule has 0 radical (unpaired) electrons. The molecule has 3 fully saturated rings. The van der Waals surface area contributed by atoms with E-state index in [2.05, 4.69) is 4.90 Å². The molecule has 33 heavy (non-hydrogen) atoms. The summed E-state index contributed by atoms with van der Waals surface area (Å²) in [6.45, 7) is 3.26. The van der Waals surface area contributed by atoms with E-state index in [-0.39, 0.29) is 36.3 Å². The molecule has 1 aromatic rings. The summed E-state index contributed by atoms with van der Waals surface area (Å²) in [5.74, 6) is -0.235. The maximum Gasteiger partial charge on any atom is 0.246 e. The average molecular weight is 496 g/mol. The molecule has 2 aliphatic heterocycles. The van der Waals surface area contributed by atoms with Gasteiger partial charge in [0.1, 0.15) is 0 Å². The first-order valence-corrected chi connectivity index (χ1v) is 12.3. The minimum absolute atomic E-state index is 0.0616. The van der Waals surface area contributed by atoms with Crippen LogP contribution in [0.4, 0.5) is 0 Å². The Morgan fingerprint density at radius 3 is 2.61 bits per heavy atom. The number of rotatable bonds is 6. The van der Waals surface area contributed by atoms with Crippen molar-refractivity contribution in [1.29, 1.82) is 0 Å². The maximum absolute atomic E-state index is 12.6. The smallest absolute Gasteiger partial charge is 0.246 e. The molecular formula is C24H31Cl2N3O4. The lowest BCUT2D eigenvalue weighted by Crippen LogP contribution is -2.49. The van der Waals surface area contributed by atoms with E-state index in [0.29, 0.717) is 42.8 Å². The number of aliphatic hydroxyl groups excluding tert-OH is 2. The Morgan fingerprint density at radius 2 is 1.91 bits per heavy atom. The standard InChI is InChI=1S/C24H31Cl2N3O4/c25-19-3-1-17(13-20(19)26)2-4-22(32)28-9-5-23(33)29(12-11-28)15-18(30)14-27-10-8-24(6-7-24)21(31)16-27/h1-4,13,18,21,30-31H,5-12,14-16H2/b4-2+/t18-,21?/m0/s1. The van der Waals surface area contributed by atoms with Crippen molar-refractivity contribution >= 4 is 41.1 Å². The van der Waals surface area contributed by atoms with Crippen molar-refractivity contribution in [3.8, 4) is 0 Å². The molecule has 7 nitrogen and oxygen atoms in total. The van der Waals surface area contributed by atoms with Gasteiger partial charge >= 0.3 is 0 Å². The number of hydrogen-bond donors (Lipinski definition) is 2. The van der Waals surface area contributed by atoms with Crippen molar-refractivity contribution < 1.29 is 19.8 Å². The average Bonchev–Trinajstić information content (AvgIpc) is 3.58. The van der Waals surface area contributed by atoms with Crippen LogP contribution < -0.4 is 0 Å². The van der Waals surface area contributed by atoms with Crippen LogP contribution in [-0.4, -0.2) is 94.7 Å². The third-order valence-corrected chi connectivity index (χ3v) is 7.86. The molecule has 1 aliphatic carbocycles. The SMILES string of the molecule is O=C(/C=C/c1ccc(Cl)c(Cl)c1)N1CCC(=O)N(C[C@@H](O)CN2CCC3(CC3)C(O)C2)CC1. The van der Waals surface area contributed by atoms with Crippen LogP contribution in [0.25, 0.3) is 6.08 Å². The second-order valence-corrected chi connectivity index (χ2v) is 10.3. The lowest BCUT2D eigenvalue weighted by molar-refractivity contribution is -0.132. The molecule has 2 N–H and O–H groups in total. The zero-order chi connectivity index (χ0) is 23.6. The van der Waals surface area contributed by atoms with Crippen molar-refractivity contribution in [2.24, 2.45) is 5.41 Å². The third kappa shape index (κ3) is 6.08. The zero-order valence-corrected chi connectivity index (χ0v) is 20.1. The van der Waals surface area contributed by atoms with E-state index in [1.165, 1.54) is 6.08 Å². The number of halogens is 2. The molecule has 0 bridgehead atoms. The van der Waals surface area contributed by atoms with Crippen LogP contribution in [0.2, 0.25) is 10.0 Å². The van der Waals surface area contributed by atoms with Crippen molar-refractivity contribution in [1.82, 2.24) is 14.7 Å². The van der Waals surface area contributed by atoms with Gasteiger partial charge < -0.3 is 20.0 Å². The number of carbonyl (C=O) groups is 2. The molecule has 3 aliphatic rings. The van der Waals surface area contributed by atoms with Crippen molar-refractivity contribution in [3.05, 3.63) is 39.9 Å². The zero-order valence-electron chi connectivity index (χ0n) is 18.6. The van der Waals surface area contributed by atoms with Gasteiger partial charge in [-0.15, -0.1) is 0 Å². The molecule has 0 aromatic heterocycles. The Balaban J connectivity index is 1.26. The van der Waals surface area contributed by atoms with E-state index in [4.69, 9.17) is 23.2 Å². The second kappa shape index (κ2) is 10.3. The van der Waals surface area contributed by atoms with Gasteiger partial charge in [-0.05, 0) is 55.0 Å². The quantitative estimate of drug-likeness (QED) is 0.591. The number of benzene rings is 1. The van der Waals surface area contributed by atoms with E-state index in [0.717, 1.165) is 31.4 Å². The van der Waals surface area contributed by atoms with Gasteiger partial charge in [-0.1, -0.05) is 29.3 Å². The van der Waals surface area contributed by atoms with Crippen LogP contribution >= 0.6 is 23.2 Å². The van der Waals surface area contributed by atoms with Gasteiger partial charge in [-0.2, -0.15) is 0 Å². The first kappa shape index (κ1) is 24.5. The Kier molecular flexibility index (Phi) is 7.66. The largest absolute Gasteiger partial charge is 0.391 e. The molecule has 180 valence electrons. The highest BCUT2D eigenvalue weighted by atomic mass is 35.5. The van der Waals surface area contributed by atoms with Crippen LogP contribution in [0.15, 0.2) is 24.3 Å². The number of hydrogen-bond acceptors (Lipinski definition) is 5. The molecule has 2 saturated heterocycles. The fourth-order valence-electron chi connectivity index (χ4n) is 4.77. The Labute approximate surface area is 204 Å². The van der Waals surface area contributed by atoms with Crippen LogP contribution in [-0.2, 0) is 9.59 Å². The second-order valence-electron chi connectivity index (χ2n) is 9.46. The number of aliphatic hydroxyl groups is 2. The first-order chi connectivity index (χ1) is 15.8. The van der Waals surface area contributed by atoms with Gasteiger partial charge in [0.25, 0.3) is 0 Å². The molecule has 1 spiro atoms. The number of carbonyl (C=O) groups excluding carboxylic acids is 2. The molecule has 2 atom stereocenters. The van der Waals surface area contributed by atoms with Crippen molar-refractivity contribution in [2.45, 2.75) is 37.9 Å². The van der Waals surface area contributed by atoms with Gasteiger partial charge in [0, 0.05) is 51.8 Å². The fourth-order valence-corrected chi connectivity index (χ4v) is 5.07. The molecule has 2 amide bonds. The van der Waals surface area contributed by atoms with Crippen LogP contribution in [0.5, 0.6) is 0 Å². The van der Waals surface area contributed by atoms with Crippen LogP contribution in [0, 0.1) is 5.41 Å². The molecule has 1 saturated carbocycles. The summed E-state index contributed by atoms with van der Waals surface area (Å²) in [7, 11) is 0. The number of β-amino-alcohol motifs (C(OH)–C–C–N with tert-alkyl or cyclic N) is 2. The van der Waals surface area contributed by atoms with E-state index < -0.39 is 6.10 Å². The highest BCUT2D eigenvalue weighted by Gasteiger charge is 2.51. The summed E-state index contributed by atoms with van der Waals surface area (Å²) in [6, 6.07) is 5.14. The van der Waals surface area contributed by atoms with Gasteiger partial charge in [-0.3, -0.25) is 14.5 Å². The van der Waals surface area contributed by atoms with Gasteiger partial charge in [0.05, 0.1) is 22.3 Å². The van der Waals surface area contributed by atoms with E-state index in [9.17, 15) is 19.8 Å². The summed E-state index contributed by atoms with van der Waals surface area (Å²) in [4.78, 5) is 30.6. The molecule has 9 heteroatoms. The summed E-state index contributed by atoms with van der Waals surface area (Å²) in [5.41, 5.74) is 0.899. The summed E-state index contributed by atoms with van der Waals surface area (Å²) >= 11 is 11.9. The number of amides is 2. The van der Waals surface area contributed by atoms with Gasteiger partial charge in [-0.25, -0.2) is 0 Å². The van der Waals surface area contributed by atoms with E-state index >= 15 is 0 Å². The summed E-state index contributed by atoms with van der Waals surface area (Å²) in [6.07, 6.45) is 5.54.